The Morgan fingerprint density at radius 1 is 1.62 bits per heavy atom. The van der Waals surface area contributed by atoms with Gasteiger partial charge in [0.25, 0.3) is 0 Å². The average Bonchev–Trinajstić information content (AvgIpc) is 2.11. The van der Waals surface area contributed by atoms with E-state index in [0.29, 0.717) is 5.75 Å². The summed E-state index contributed by atoms with van der Waals surface area (Å²) < 4.78 is 17.9. The number of nitriles is 1. The molecule has 13 heavy (non-hydrogen) atoms. The summed E-state index contributed by atoms with van der Waals surface area (Å²) in [5.74, 6) is -0.250. The lowest BCUT2D eigenvalue weighted by molar-refractivity contribution is 0.275. The highest BCUT2D eigenvalue weighted by atomic mass is 35.5. The Hall–Kier alpha value is -1.27. The molecule has 1 atom stereocenters. The van der Waals surface area contributed by atoms with Crippen molar-refractivity contribution >= 4 is 11.6 Å². The predicted molar refractivity (Wildman–Crippen MR) is 47.1 cm³/mol. The molecule has 2 nitrogen and oxygen atoms in total. The number of hydrogen-bond acceptors (Lipinski definition) is 2. The smallest absolute Gasteiger partial charge is 0.181 e. The normalized spacial score (nSPS) is 11.8. The summed E-state index contributed by atoms with van der Waals surface area (Å²) in [5.41, 5.74) is 0. The lowest BCUT2D eigenvalue weighted by atomic mass is 10.3. The molecule has 0 aliphatic heterocycles. The minimum absolute atomic E-state index is 0.0389. The molecule has 1 rings (SSSR count). The number of halogens is 2. The van der Waals surface area contributed by atoms with Crippen LogP contribution in [0.2, 0.25) is 5.02 Å². The van der Waals surface area contributed by atoms with Gasteiger partial charge in [0.15, 0.2) is 6.10 Å². The Balaban J connectivity index is 2.81. The zero-order valence-corrected chi connectivity index (χ0v) is 7.68. The van der Waals surface area contributed by atoms with Crippen molar-refractivity contribution in [2.45, 2.75) is 13.0 Å². The average molecular weight is 200 g/mol. The summed E-state index contributed by atoms with van der Waals surface area (Å²) in [4.78, 5) is 0. The maximum Gasteiger partial charge on any atom is 0.181 e. The van der Waals surface area contributed by atoms with Crippen molar-refractivity contribution in [1.82, 2.24) is 0 Å². The second-order valence-electron chi connectivity index (χ2n) is 2.47. The van der Waals surface area contributed by atoms with E-state index >= 15 is 0 Å². The molecule has 68 valence electrons. The fourth-order valence-corrected chi connectivity index (χ4v) is 0.898. The van der Waals surface area contributed by atoms with E-state index < -0.39 is 11.9 Å². The molecule has 0 saturated heterocycles. The van der Waals surface area contributed by atoms with Crippen LogP contribution in [0.5, 0.6) is 5.75 Å². The van der Waals surface area contributed by atoms with Gasteiger partial charge in [-0.15, -0.1) is 0 Å². The maximum atomic E-state index is 12.8. The van der Waals surface area contributed by atoms with E-state index in [1.165, 1.54) is 12.1 Å². The molecule has 1 unspecified atom stereocenters. The van der Waals surface area contributed by atoms with E-state index in [0.717, 1.165) is 6.07 Å². The Kier molecular flexibility index (Phi) is 3.10. The summed E-state index contributed by atoms with van der Waals surface area (Å²) in [6.07, 6.45) is -0.597. The van der Waals surface area contributed by atoms with Crippen LogP contribution >= 0.6 is 11.6 Å². The molecule has 0 N–H and O–H groups in total. The Morgan fingerprint density at radius 2 is 2.31 bits per heavy atom. The van der Waals surface area contributed by atoms with Crippen molar-refractivity contribution in [2.75, 3.05) is 0 Å². The molecule has 0 aliphatic rings. The number of rotatable bonds is 2. The summed E-state index contributed by atoms with van der Waals surface area (Å²) in [5, 5.41) is 8.46. The van der Waals surface area contributed by atoms with E-state index in [1.807, 2.05) is 6.07 Å². The standard InChI is InChI=1S/C9H7ClFNO/c1-6(5-12)13-7-2-3-8(10)9(11)4-7/h2-4,6H,1H3. The highest BCUT2D eigenvalue weighted by Gasteiger charge is 2.04. The number of hydrogen-bond donors (Lipinski definition) is 0. The van der Waals surface area contributed by atoms with Gasteiger partial charge in [0.1, 0.15) is 17.6 Å². The van der Waals surface area contributed by atoms with Crippen LogP contribution in [0.4, 0.5) is 4.39 Å². The van der Waals surface area contributed by atoms with Gasteiger partial charge in [-0.2, -0.15) is 5.26 Å². The topological polar surface area (TPSA) is 33.0 Å². The molecule has 0 fully saturated rings. The maximum absolute atomic E-state index is 12.8. The van der Waals surface area contributed by atoms with Crippen molar-refractivity contribution in [3.63, 3.8) is 0 Å². The lowest BCUT2D eigenvalue weighted by Crippen LogP contribution is -2.08. The highest BCUT2D eigenvalue weighted by Crippen LogP contribution is 2.20. The van der Waals surface area contributed by atoms with Crippen LogP contribution in [0.15, 0.2) is 18.2 Å². The van der Waals surface area contributed by atoms with E-state index in [4.69, 9.17) is 21.6 Å². The summed E-state index contributed by atoms with van der Waals surface area (Å²) in [7, 11) is 0. The fraction of sp³-hybridized carbons (Fsp3) is 0.222. The lowest BCUT2D eigenvalue weighted by Gasteiger charge is -2.07. The first kappa shape index (κ1) is 9.82. The molecule has 1 aromatic carbocycles. The van der Waals surface area contributed by atoms with Crippen molar-refractivity contribution in [1.29, 1.82) is 5.26 Å². The van der Waals surface area contributed by atoms with Crippen LogP contribution < -0.4 is 4.74 Å². The minimum Gasteiger partial charge on any atom is -0.476 e. The molecule has 0 radical (unpaired) electrons. The molecule has 0 bridgehead atoms. The molecule has 0 heterocycles. The SMILES string of the molecule is CC(C#N)Oc1ccc(Cl)c(F)c1. The van der Waals surface area contributed by atoms with E-state index in [1.54, 1.807) is 6.92 Å². The van der Waals surface area contributed by atoms with Gasteiger partial charge in [-0.3, -0.25) is 0 Å². The molecule has 0 saturated carbocycles. The van der Waals surface area contributed by atoms with Gasteiger partial charge in [-0.05, 0) is 19.1 Å². The van der Waals surface area contributed by atoms with Gasteiger partial charge in [0.2, 0.25) is 0 Å². The van der Waals surface area contributed by atoms with Gasteiger partial charge in [0, 0.05) is 6.07 Å². The second kappa shape index (κ2) is 4.11. The minimum atomic E-state index is -0.597. The third kappa shape index (κ3) is 2.60. The van der Waals surface area contributed by atoms with Gasteiger partial charge in [0.05, 0.1) is 5.02 Å². The highest BCUT2D eigenvalue weighted by molar-refractivity contribution is 6.30. The third-order valence-corrected chi connectivity index (χ3v) is 1.69. The Morgan fingerprint density at radius 3 is 2.85 bits per heavy atom. The monoisotopic (exact) mass is 199 g/mol. The van der Waals surface area contributed by atoms with Crippen LogP contribution in [0.25, 0.3) is 0 Å². The summed E-state index contributed by atoms with van der Waals surface area (Å²) in [6.45, 7) is 1.58. The Labute approximate surface area is 80.5 Å². The first-order chi connectivity index (χ1) is 6.13. The molecule has 0 spiro atoms. The molecule has 0 amide bonds. The zero-order chi connectivity index (χ0) is 9.84. The van der Waals surface area contributed by atoms with Crippen molar-refractivity contribution < 1.29 is 9.13 Å². The van der Waals surface area contributed by atoms with Crippen molar-refractivity contribution in [3.8, 4) is 11.8 Å². The quantitative estimate of drug-likeness (QED) is 0.734. The first-order valence-electron chi connectivity index (χ1n) is 3.65. The number of nitrogens with zero attached hydrogens (tertiary/aromatic N) is 1. The summed E-state index contributed by atoms with van der Waals surface area (Å²) in [6, 6.07) is 5.92. The van der Waals surface area contributed by atoms with Crippen LogP contribution in [0.3, 0.4) is 0 Å². The second-order valence-corrected chi connectivity index (χ2v) is 2.87. The molecule has 4 heteroatoms. The van der Waals surface area contributed by atoms with E-state index in [-0.39, 0.29) is 5.02 Å². The Bertz CT molecular complexity index is 348. The van der Waals surface area contributed by atoms with Gasteiger partial charge < -0.3 is 4.74 Å². The van der Waals surface area contributed by atoms with Gasteiger partial charge in [-0.1, -0.05) is 11.6 Å². The first-order valence-corrected chi connectivity index (χ1v) is 4.02. The third-order valence-electron chi connectivity index (χ3n) is 1.39. The van der Waals surface area contributed by atoms with Gasteiger partial charge in [-0.25, -0.2) is 4.39 Å². The van der Waals surface area contributed by atoms with Gasteiger partial charge >= 0.3 is 0 Å². The number of benzene rings is 1. The van der Waals surface area contributed by atoms with Crippen molar-refractivity contribution in [3.05, 3.63) is 29.0 Å². The summed E-state index contributed by atoms with van der Waals surface area (Å²) >= 11 is 5.46. The van der Waals surface area contributed by atoms with E-state index in [2.05, 4.69) is 0 Å². The zero-order valence-electron chi connectivity index (χ0n) is 6.92. The van der Waals surface area contributed by atoms with Crippen LogP contribution in [0, 0.1) is 17.1 Å². The molecule has 1 aromatic rings. The fourth-order valence-electron chi connectivity index (χ4n) is 0.781. The molecular weight excluding hydrogens is 193 g/mol. The van der Waals surface area contributed by atoms with Crippen LogP contribution in [0.1, 0.15) is 6.92 Å². The predicted octanol–water partition coefficient (Wildman–Crippen LogP) is 2.77. The molecule has 0 aliphatic carbocycles. The number of ether oxygens (including phenoxy) is 1. The largest absolute Gasteiger partial charge is 0.476 e. The van der Waals surface area contributed by atoms with Crippen LogP contribution in [-0.4, -0.2) is 6.10 Å². The van der Waals surface area contributed by atoms with Crippen molar-refractivity contribution in [2.24, 2.45) is 0 Å². The molecule has 0 aromatic heterocycles. The van der Waals surface area contributed by atoms with Crippen LogP contribution in [-0.2, 0) is 0 Å². The molecular formula is C9H7ClFNO. The van der Waals surface area contributed by atoms with E-state index in [9.17, 15) is 4.39 Å².